The minimum absolute atomic E-state index is 0.100. The molecule has 7 nitrogen and oxygen atoms in total. The van der Waals surface area contributed by atoms with Crippen molar-refractivity contribution in [3.8, 4) is 5.75 Å². The van der Waals surface area contributed by atoms with Gasteiger partial charge in [-0.15, -0.1) is 0 Å². The minimum Gasteiger partial charge on any atom is -0.491 e. The van der Waals surface area contributed by atoms with Crippen LogP contribution in [0.4, 0.5) is 0 Å². The molecule has 0 spiro atoms. The maximum absolute atomic E-state index is 12.9. The van der Waals surface area contributed by atoms with Gasteiger partial charge in [0.15, 0.2) is 0 Å². The minimum atomic E-state index is -0.430. The maximum Gasteiger partial charge on any atom is 0.254 e. The third kappa shape index (κ3) is 4.55. The lowest BCUT2D eigenvalue weighted by Crippen LogP contribution is -2.30. The molecule has 0 saturated heterocycles. The Morgan fingerprint density at radius 1 is 1.03 bits per heavy atom. The Hall–Kier alpha value is -3.35. The fourth-order valence-electron chi connectivity index (χ4n) is 4.00. The largest absolute Gasteiger partial charge is 0.491 e. The quantitative estimate of drug-likeness (QED) is 0.568. The number of nitrogens with one attached hydrogen (secondary N) is 3. The second-order valence-corrected chi connectivity index (χ2v) is 7.66. The van der Waals surface area contributed by atoms with Gasteiger partial charge < -0.3 is 20.7 Å². The van der Waals surface area contributed by atoms with Crippen molar-refractivity contribution in [2.24, 2.45) is 0 Å². The Balaban J connectivity index is 1.95. The zero-order valence-electron chi connectivity index (χ0n) is 18.2. The number of fused-ring (bicyclic) bond motifs is 1. The van der Waals surface area contributed by atoms with Crippen LogP contribution in [0.3, 0.4) is 0 Å². The van der Waals surface area contributed by atoms with Gasteiger partial charge in [-0.1, -0.05) is 37.3 Å². The van der Waals surface area contributed by atoms with Gasteiger partial charge >= 0.3 is 0 Å². The molecule has 0 aliphatic carbocycles. The van der Waals surface area contributed by atoms with E-state index in [9.17, 15) is 14.4 Å². The Morgan fingerprint density at radius 2 is 1.74 bits per heavy atom. The van der Waals surface area contributed by atoms with E-state index in [0.717, 1.165) is 17.5 Å². The van der Waals surface area contributed by atoms with E-state index >= 15 is 0 Å². The van der Waals surface area contributed by atoms with Gasteiger partial charge in [0.1, 0.15) is 12.4 Å². The molecule has 0 radical (unpaired) electrons. The normalized spacial score (nSPS) is 16.7. The van der Waals surface area contributed by atoms with Crippen molar-refractivity contribution in [1.29, 1.82) is 0 Å². The summed E-state index contributed by atoms with van der Waals surface area (Å²) in [4.78, 5) is 36.4. The molecular weight excluding hydrogens is 394 g/mol. The number of hydrogen-bond acceptors (Lipinski definition) is 4. The summed E-state index contributed by atoms with van der Waals surface area (Å²) >= 11 is 0. The van der Waals surface area contributed by atoms with Gasteiger partial charge in [-0.25, -0.2) is 0 Å². The first-order chi connectivity index (χ1) is 14.9. The molecule has 2 aromatic carbocycles. The van der Waals surface area contributed by atoms with Gasteiger partial charge in [0, 0.05) is 38.2 Å². The number of amides is 3. The van der Waals surface area contributed by atoms with Crippen LogP contribution in [-0.4, -0.2) is 44.5 Å². The Bertz CT molecular complexity index is 974. The van der Waals surface area contributed by atoms with Crippen molar-refractivity contribution in [3.63, 3.8) is 0 Å². The van der Waals surface area contributed by atoms with Crippen LogP contribution in [0.15, 0.2) is 42.5 Å². The van der Waals surface area contributed by atoms with Gasteiger partial charge in [0.2, 0.25) is 5.91 Å². The van der Waals surface area contributed by atoms with Crippen molar-refractivity contribution in [1.82, 2.24) is 16.0 Å². The number of carbonyl (C=O) groups is 3. The molecule has 3 N–H and O–H groups in total. The lowest BCUT2D eigenvalue weighted by molar-refractivity contribution is -0.118. The zero-order chi connectivity index (χ0) is 22.4. The van der Waals surface area contributed by atoms with Crippen LogP contribution in [0.1, 0.15) is 58.5 Å². The fourth-order valence-corrected chi connectivity index (χ4v) is 4.00. The molecule has 3 amide bonds. The molecule has 1 aliphatic heterocycles. The van der Waals surface area contributed by atoms with E-state index in [2.05, 4.69) is 35.0 Å². The van der Waals surface area contributed by atoms with E-state index in [1.165, 1.54) is 6.92 Å². The third-order valence-corrected chi connectivity index (χ3v) is 5.74. The molecule has 0 aromatic heterocycles. The summed E-state index contributed by atoms with van der Waals surface area (Å²) in [5.41, 5.74) is 2.28. The first kappa shape index (κ1) is 22.3. The maximum atomic E-state index is 12.9. The number of rotatable bonds is 8. The van der Waals surface area contributed by atoms with Crippen LogP contribution < -0.4 is 20.7 Å². The van der Waals surface area contributed by atoms with Crippen molar-refractivity contribution in [3.05, 3.63) is 64.7 Å². The van der Waals surface area contributed by atoms with E-state index in [0.29, 0.717) is 43.0 Å². The van der Waals surface area contributed by atoms with Crippen LogP contribution in [0.25, 0.3) is 0 Å². The summed E-state index contributed by atoms with van der Waals surface area (Å²) in [7, 11) is 1.56. The molecule has 7 heteroatoms. The average Bonchev–Trinajstić information content (AvgIpc) is 3.17. The molecule has 0 bridgehead atoms. The van der Waals surface area contributed by atoms with Crippen LogP contribution >= 0.6 is 0 Å². The van der Waals surface area contributed by atoms with Crippen LogP contribution in [0.5, 0.6) is 5.75 Å². The molecule has 1 aliphatic rings. The van der Waals surface area contributed by atoms with Crippen molar-refractivity contribution in [2.45, 2.75) is 32.1 Å². The standard InChI is InChI=1S/C24H29N3O4/c1-4-24(18-9-6-5-7-10-18)15-31-21-19(23(30)25-3)13-17(14-20(21)24)22(29)27-12-8-11-26-16(2)28/h5-7,9-10,13-14H,4,8,11-12,15H2,1-3H3,(H,25,30)(H,26,28)(H,27,29)/t24-/m1/s1. The Labute approximate surface area is 182 Å². The predicted octanol–water partition coefficient (Wildman–Crippen LogP) is 2.39. The second-order valence-electron chi connectivity index (χ2n) is 7.66. The average molecular weight is 424 g/mol. The van der Waals surface area contributed by atoms with Crippen molar-refractivity contribution in [2.75, 3.05) is 26.7 Å². The van der Waals surface area contributed by atoms with E-state index in [4.69, 9.17) is 4.74 Å². The van der Waals surface area contributed by atoms with Gasteiger partial charge in [-0.05, 0) is 30.5 Å². The van der Waals surface area contributed by atoms with E-state index in [1.807, 2.05) is 24.3 Å². The summed E-state index contributed by atoms with van der Waals surface area (Å²) in [6.07, 6.45) is 1.38. The molecule has 164 valence electrons. The summed E-state index contributed by atoms with van der Waals surface area (Å²) in [5, 5.41) is 8.21. The van der Waals surface area contributed by atoms with E-state index in [-0.39, 0.29) is 17.7 Å². The summed E-state index contributed by atoms with van der Waals surface area (Å²) in [5.74, 6) is -0.124. The topological polar surface area (TPSA) is 96.5 Å². The zero-order valence-corrected chi connectivity index (χ0v) is 18.2. The molecule has 0 saturated carbocycles. The van der Waals surface area contributed by atoms with Crippen molar-refractivity contribution >= 4 is 17.7 Å². The summed E-state index contributed by atoms with van der Waals surface area (Å²) in [6, 6.07) is 13.5. The number of benzene rings is 2. The molecule has 31 heavy (non-hydrogen) atoms. The van der Waals surface area contributed by atoms with Gasteiger partial charge in [0.25, 0.3) is 11.8 Å². The summed E-state index contributed by atoms with van der Waals surface area (Å²) in [6.45, 7) is 4.86. The smallest absolute Gasteiger partial charge is 0.254 e. The van der Waals surface area contributed by atoms with E-state index in [1.54, 1.807) is 13.1 Å². The lowest BCUT2D eigenvalue weighted by atomic mass is 9.73. The van der Waals surface area contributed by atoms with Gasteiger partial charge in [0.05, 0.1) is 11.0 Å². The molecule has 2 aromatic rings. The Kier molecular flexibility index (Phi) is 6.95. The highest BCUT2D eigenvalue weighted by Gasteiger charge is 2.43. The third-order valence-electron chi connectivity index (χ3n) is 5.74. The highest BCUT2D eigenvalue weighted by Crippen LogP contribution is 2.47. The fraction of sp³-hybridized carbons (Fsp3) is 0.375. The Morgan fingerprint density at radius 3 is 2.39 bits per heavy atom. The molecule has 0 fully saturated rings. The molecule has 3 rings (SSSR count). The van der Waals surface area contributed by atoms with Gasteiger partial charge in [-0.2, -0.15) is 0 Å². The molecular formula is C24H29N3O4. The first-order valence-corrected chi connectivity index (χ1v) is 10.5. The SMILES string of the molecule is CC[C@]1(c2ccccc2)COc2c(C(=O)NC)cc(C(=O)NCCCNC(C)=O)cc21. The van der Waals surface area contributed by atoms with E-state index < -0.39 is 5.41 Å². The van der Waals surface area contributed by atoms with Gasteiger partial charge in [-0.3, -0.25) is 14.4 Å². The monoisotopic (exact) mass is 423 g/mol. The predicted molar refractivity (Wildman–Crippen MR) is 118 cm³/mol. The van der Waals surface area contributed by atoms with Crippen LogP contribution in [-0.2, 0) is 10.2 Å². The number of ether oxygens (including phenoxy) is 1. The molecule has 1 heterocycles. The molecule has 1 atom stereocenters. The van der Waals surface area contributed by atoms with Crippen molar-refractivity contribution < 1.29 is 19.1 Å². The lowest BCUT2D eigenvalue weighted by Gasteiger charge is -2.27. The second kappa shape index (κ2) is 9.64. The highest BCUT2D eigenvalue weighted by atomic mass is 16.5. The highest BCUT2D eigenvalue weighted by molar-refractivity contribution is 6.02. The van der Waals surface area contributed by atoms with Crippen LogP contribution in [0.2, 0.25) is 0 Å². The first-order valence-electron chi connectivity index (χ1n) is 10.5. The number of carbonyl (C=O) groups excluding carboxylic acids is 3. The van der Waals surface area contributed by atoms with Crippen LogP contribution in [0, 0.1) is 0 Å². The molecule has 0 unspecified atom stereocenters. The summed E-state index contributed by atoms with van der Waals surface area (Å²) < 4.78 is 6.05. The number of hydrogen-bond donors (Lipinski definition) is 3.